The van der Waals surface area contributed by atoms with Crippen LogP contribution in [0.1, 0.15) is 53.0 Å². The molecule has 3 amide bonds. The molecule has 2 N–H and O–H groups in total. The Kier molecular flexibility index (Phi) is 9.04. The molecule has 212 valence electrons. The first-order valence-electron chi connectivity index (χ1n) is 13.7. The van der Waals surface area contributed by atoms with Gasteiger partial charge in [-0.2, -0.15) is 0 Å². The van der Waals surface area contributed by atoms with E-state index >= 15 is 0 Å². The van der Waals surface area contributed by atoms with Gasteiger partial charge in [0.1, 0.15) is 18.1 Å². The molecular formula is C32H32N2O6S. The van der Waals surface area contributed by atoms with Crippen LogP contribution in [-0.2, 0) is 40.2 Å². The highest BCUT2D eigenvalue weighted by atomic mass is 32.2. The van der Waals surface area contributed by atoms with Crippen LogP contribution in [0.25, 0.3) is 0 Å². The van der Waals surface area contributed by atoms with Crippen molar-refractivity contribution in [1.29, 1.82) is 0 Å². The van der Waals surface area contributed by atoms with Crippen LogP contribution < -0.4 is 15.4 Å². The molecule has 9 heteroatoms. The highest BCUT2D eigenvalue weighted by Crippen LogP contribution is 2.40. The number of nitrogens with one attached hydrogen (secondary N) is 2. The van der Waals surface area contributed by atoms with Crippen molar-refractivity contribution in [2.75, 3.05) is 12.4 Å². The number of amides is 3. The first-order chi connectivity index (χ1) is 19.9. The number of hydrogen-bond donors (Lipinski definition) is 2. The highest BCUT2D eigenvalue weighted by Gasteiger charge is 2.33. The topological polar surface area (TPSA) is 111 Å². The number of carbonyl (C=O) groups excluding carboxylic acids is 4. The highest BCUT2D eigenvalue weighted by molar-refractivity contribution is 8.15. The third kappa shape index (κ3) is 7.16. The minimum Gasteiger partial charge on any atom is -0.496 e. The Morgan fingerprint density at radius 2 is 1.71 bits per heavy atom. The van der Waals surface area contributed by atoms with Crippen LogP contribution in [0.15, 0.2) is 66.7 Å². The zero-order chi connectivity index (χ0) is 28.8. The van der Waals surface area contributed by atoms with Gasteiger partial charge < -0.3 is 9.47 Å². The maximum Gasteiger partial charge on any atom is 0.411 e. The van der Waals surface area contributed by atoms with E-state index in [4.69, 9.17) is 9.47 Å². The first-order valence-corrected chi connectivity index (χ1v) is 14.6. The zero-order valence-corrected chi connectivity index (χ0v) is 23.6. The Morgan fingerprint density at radius 1 is 0.927 bits per heavy atom. The number of anilines is 1. The van der Waals surface area contributed by atoms with Crippen molar-refractivity contribution in [2.45, 2.75) is 56.3 Å². The third-order valence-electron chi connectivity index (χ3n) is 7.54. The first kappa shape index (κ1) is 28.4. The molecule has 8 nitrogen and oxygen atoms in total. The van der Waals surface area contributed by atoms with Crippen LogP contribution in [0, 0.1) is 0 Å². The molecule has 2 unspecified atom stereocenters. The number of methoxy groups -OCH3 is 1. The molecule has 0 spiro atoms. The molecule has 0 bridgehead atoms. The number of rotatable bonds is 8. The molecule has 5 rings (SSSR count). The Balaban J connectivity index is 1.33. The smallest absolute Gasteiger partial charge is 0.411 e. The lowest BCUT2D eigenvalue weighted by atomic mass is 9.78. The average Bonchev–Trinajstić information content (AvgIpc) is 3.29. The maximum atomic E-state index is 12.6. The van der Waals surface area contributed by atoms with Crippen LogP contribution in [0.5, 0.6) is 5.75 Å². The monoisotopic (exact) mass is 572 g/mol. The van der Waals surface area contributed by atoms with Gasteiger partial charge in [0.25, 0.3) is 5.24 Å². The number of carbonyl (C=O) groups is 4. The van der Waals surface area contributed by atoms with Crippen molar-refractivity contribution >= 4 is 40.5 Å². The van der Waals surface area contributed by atoms with E-state index in [1.807, 2.05) is 66.7 Å². The minimum absolute atomic E-state index is 0.0190. The van der Waals surface area contributed by atoms with E-state index in [1.54, 1.807) is 7.11 Å². The second-order valence-electron chi connectivity index (χ2n) is 10.3. The Hall–Kier alpha value is -4.11. The zero-order valence-electron chi connectivity index (χ0n) is 22.8. The van der Waals surface area contributed by atoms with E-state index in [1.165, 1.54) is 0 Å². The van der Waals surface area contributed by atoms with Gasteiger partial charge in [0, 0.05) is 24.1 Å². The van der Waals surface area contributed by atoms with Crippen molar-refractivity contribution < 1.29 is 28.7 Å². The quantitative estimate of drug-likeness (QED) is 0.343. The molecular weight excluding hydrogens is 540 g/mol. The van der Waals surface area contributed by atoms with Crippen LogP contribution in [0.3, 0.4) is 0 Å². The number of ether oxygens (including phenoxy) is 2. The van der Waals surface area contributed by atoms with E-state index in [0.29, 0.717) is 44.2 Å². The maximum absolute atomic E-state index is 12.6. The van der Waals surface area contributed by atoms with Gasteiger partial charge >= 0.3 is 6.09 Å². The summed E-state index contributed by atoms with van der Waals surface area (Å²) in [5, 5.41) is 4.31. The molecule has 1 heterocycles. The van der Waals surface area contributed by atoms with E-state index in [-0.39, 0.29) is 29.5 Å². The van der Waals surface area contributed by atoms with E-state index in [2.05, 4.69) is 10.6 Å². The normalized spacial score (nSPS) is 18.6. The third-order valence-corrected chi connectivity index (χ3v) is 8.52. The largest absolute Gasteiger partial charge is 0.496 e. The van der Waals surface area contributed by atoms with Crippen molar-refractivity contribution in [3.8, 4) is 5.75 Å². The standard InChI is InChI=1S/C32H32N2O6S/c1-39-27-16-10-22(18-28-30(36)34-32(38)41-28)26-15-14-25(35)13-9-23(29(26)27)17-20-7-11-24(12-8-20)33-31(37)40-19-21-5-3-2-4-6-21/h2-8,10-12,16,23,28H,9,13-15,17-19H2,1H3,(H,33,37)(H,34,36,38). The summed E-state index contributed by atoms with van der Waals surface area (Å²) in [6.07, 6.45) is 2.73. The van der Waals surface area contributed by atoms with Crippen LogP contribution in [0.4, 0.5) is 15.3 Å². The molecule has 1 saturated heterocycles. The fraction of sp³-hybridized carbons (Fsp3) is 0.312. The Morgan fingerprint density at radius 3 is 2.41 bits per heavy atom. The number of ketones is 1. The summed E-state index contributed by atoms with van der Waals surface area (Å²) in [5.41, 5.74) is 5.67. The van der Waals surface area contributed by atoms with Crippen LogP contribution in [-0.4, -0.2) is 35.4 Å². The number of imide groups is 1. The summed E-state index contributed by atoms with van der Waals surface area (Å²) in [7, 11) is 1.65. The summed E-state index contributed by atoms with van der Waals surface area (Å²) in [4.78, 5) is 49.0. The molecule has 0 saturated carbocycles. The van der Waals surface area contributed by atoms with Crippen molar-refractivity contribution in [3.63, 3.8) is 0 Å². The summed E-state index contributed by atoms with van der Waals surface area (Å²) >= 11 is 1.01. The molecule has 1 aliphatic heterocycles. The summed E-state index contributed by atoms with van der Waals surface area (Å²) in [5.74, 6) is 0.722. The van der Waals surface area contributed by atoms with E-state index < -0.39 is 11.3 Å². The van der Waals surface area contributed by atoms with Gasteiger partial charge in [-0.1, -0.05) is 60.3 Å². The van der Waals surface area contributed by atoms with Crippen molar-refractivity contribution in [1.82, 2.24) is 5.32 Å². The summed E-state index contributed by atoms with van der Waals surface area (Å²) in [6.45, 7) is 0.189. The lowest BCUT2D eigenvalue weighted by molar-refractivity contribution is -0.120. The Bertz CT molecular complexity index is 1440. The van der Waals surface area contributed by atoms with Gasteiger partial charge in [-0.25, -0.2) is 4.79 Å². The van der Waals surface area contributed by atoms with Crippen LogP contribution in [0.2, 0.25) is 0 Å². The van der Waals surface area contributed by atoms with Gasteiger partial charge in [0.05, 0.1) is 12.4 Å². The number of thioether (sulfide) groups is 1. The molecule has 3 aromatic rings. The number of hydrogen-bond acceptors (Lipinski definition) is 7. The van der Waals surface area contributed by atoms with Crippen molar-refractivity contribution in [2.24, 2.45) is 0 Å². The summed E-state index contributed by atoms with van der Waals surface area (Å²) < 4.78 is 11.1. The second kappa shape index (κ2) is 13.0. The SMILES string of the molecule is COc1ccc(CC2SC(=O)NC2=O)c2c1C(Cc1ccc(NC(=O)OCc3ccccc3)cc1)CCC(=O)CC2. The van der Waals surface area contributed by atoms with Gasteiger partial charge in [0.15, 0.2) is 0 Å². The molecule has 1 aliphatic carbocycles. The number of benzene rings is 3. The summed E-state index contributed by atoms with van der Waals surface area (Å²) in [6, 6.07) is 21.0. The van der Waals surface area contributed by atoms with Crippen LogP contribution >= 0.6 is 11.8 Å². The molecule has 41 heavy (non-hydrogen) atoms. The van der Waals surface area contributed by atoms with Gasteiger partial charge in [0.2, 0.25) is 5.91 Å². The van der Waals surface area contributed by atoms with E-state index in [0.717, 1.165) is 45.3 Å². The minimum atomic E-state index is -0.526. The predicted molar refractivity (Wildman–Crippen MR) is 157 cm³/mol. The second-order valence-corrected chi connectivity index (χ2v) is 11.4. The lowest BCUT2D eigenvalue weighted by Crippen LogP contribution is -2.26. The molecule has 2 atom stereocenters. The molecule has 2 aliphatic rings. The molecule has 3 aromatic carbocycles. The van der Waals surface area contributed by atoms with Gasteiger partial charge in [-0.15, -0.1) is 0 Å². The van der Waals surface area contributed by atoms with Gasteiger partial charge in [-0.05, 0) is 72.1 Å². The van der Waals surface area contributed by atoms with E-state index in [9.17, 15) is 19.2 Å². The van der Waals surface area contributed by atoms with Crippen molar-refractivity contribution in [3.05, 3.63) is 94.5 Å². The number of fused-ring (bicyclic) bond motifs is 1. The molecule has 0 aromatic heterocycles. The predicted octanol–water partition coefficient (Wildman–Crippen LogP) is 5.96. The fourth-order valence-electron chi connectivity index (χ4n) is 5.49. The Labute approximate surface area is 243 Å². The molecule has 0 radical (unpaired) electrons. The van der Waals surface area contributed by atoms with Gasteiger partial charge in [-0.3, -0.25) is 25.0 Å². The number of Topliss-reactive ketones (excluding diaryl/α,β-unsaturated/α-hetero) is 1. The molecule has 1 fully saturated rings. The average molecular weight is 573 g/mol. The lowest BCUT2D eigenvalue weighted by Gasteiger charge is -2.27. The fourth-order valence-corrected chi connectivity index (χ4v) is 6.33.